The molecule has 0 aliphatic carbocycles. The second-order valence-corrected chi connectivity index (χ2v) is 3.21. The van der Waals surface area contributed by atoms with Gasteiger partial charge in [0.2, 0.25) is 0 Å². The van der Waals surface area contributed by atoms with Gasteiger partial charge in [0.05, 0.1) is 10.0 Å². The number of hydrogen-bond donors (Lipinski definition) is 2. The van der Waals surface area contributed by atoms with Crippen molar-refractivity contribution in [3.05, 3.63) is 27.7 Å². The van der Waals surface area contributed by atoms with Crippen LogP contribution in [0.2, 0.25) is 10.0 Å². The van der Waals surface area contributed by atoms with Gasteiger partial charge in [-0.3, -0.25) is 0 Å². The largest absolute Gasteiger partial charge is 0.707 e. The Labute approximate surface area is 86.0 Å². The maximum absolute atomic E-state index is 8.55. The lowest BCUT2D eigenvalue weighted by atomic mass is 10.2. The summed E-state index contributed by atoms with van der Waals surface area (Å²) in [7, 11) is -1.85. The molecule has 1 aromatic carbocycles. The summed E-state index contributed by atoms with van der Waals surface area (Å²) in [6.07, 6.45) is 0. The van der Waals surface area contributed by atoms with E-state index in [0.717, 1.165) is 0 Å². The smallest absolute Gasteiger partial charge is 0.512 e. The first kappa shape index (κ1) is 10.7. The summed E-state index contributed by atoms with van der Waals surface area (Å²) in [5.41, 5.74) is 0.572. The number of hydrogen-bond acceptors (Lipinski definition) is 3. The number of benzene rings is 1. The summed E-state index contributed by atoms with van der Waals surface area (Å²) in [6, 6.07) is 3.04. The second kappa shape index (κ2) is 4.20. The maximum atomic E-state index is 8.55. The van der Waals surface area contributed by atoms with Gasteiger partial charge >= 0.3 is 7.32 Å². The number of rotatable bonds is 2. The molecule has 0 saturated heterocycles. The van der Waals surface area contributed by atoms with Crippen molar-refractivity contribution in [2.75, 3.05) is 0 Å². The van der Waals surface area contributed by atoms with E-state index in [2.05, 4.69) is 4.65 Å². The van der Waals surface area contributed by atoms with Gasteiger partial charge in [-0.1, -0.05) is 23.2 Å². The van der Waals surface area contributed by atoms with E-state index < -0.39 is 7.32 Å². The van der Waals surface area contributed by atoms with E-state index in [9.17, 15) is 0 Å². The van der Waals surface area contributed by atoms with E-state index in [1.807, 2.05) is 0 Å². The van der Waals surface area contributed by atoms with Crippen LogP contribution in [0.25, 0.3) is 0 Å². The predicted molar refractivity (Wildman–Crippen MR) is 52.0 cm³/mol. The van der Waals surface area contributed by atoms with E-state index in [4.69, 9.17) is 33.2 Å². The molecule has 0 aromatic heterocycles. The molecule has 1 aromatic rings. The van der Waals surface area contributed by atoms with Crippen LogP contribution < -0.4 is 4.65 Å². The average Bonchev–Trinajstić information content (AvgIpc) is 2.06. The molecule has 0 aliphatic rings. The fourth-order valence-electron chi connectivity index (χ4n) is 0.876. The topological polar surface area (TPSA) is 49.7 Å². The summed E-state index contributed by atoms with van der Waals surface area (Å²) in [4.78, 5) is 0. The van der Waals surface area contributed by atoms with Crippen molar-refractivity contribution in [1.29, 1.82) is 0 Å². The molecule has 3 nitrogen and oxygen atoms in total. The molecule has 70 valence electrons. The van der Waals surface area contributed by atoms with Crippen molar-refractivity contribution in [3.63, 3.8) is 0 Å². The third-order valence-corrected chi connectivity index (χ3v) is 2.42. The minimum atomic E-state index is -1.85. The molecule has 0 radical (unpaired) electrons. The van der Waals surface area contributed by atoms with Crippen molar-refractivity contribution in [2.45, 2.75) is 6.92 Å². The Balaban J connectivity index is 3.04. The molecule has 0 amide bonds. The van der Waals surface area contributed by atoms with E-state index in [1.54, 1.807) is 6.92 Å². The van der Waals surface area contributed by atoms with Gasteiger partial charge in [-0.2, -0.15) is 0 Å². The lowest BCUT2D eigenvalue weighted by molar-refractivity contribution is 0.287. The highest BCUT2D eigenvalue weighted by Crippen LogP contribution is 2.31. The van der Waals surface area contributed by atoms with Crippen LogP contribution in [0.4, 0.5) is 0 Å². The normalized spacial score (nSPS) is 9.92. The summed E-state index contributed by atoms with van der Waals surface area (Å²) in [6.45, 7) is 1.67. The quantitative estimate of drug-likeness (QED) is 0.746. The Morgan fingerprint density at radius 1 is 1.31 bits per heavy atom. The van der Waals surface area contributed by atoms with Gasteiger partial charge < -0.3 is 14.7 Å². The third kappa shape index (κ3) is 2.51. The molecule has 13 heavy (non-hydrogen) atoms. The molecule has 0 saturated carbocycles. The first-order chi connectivity index (χ1) is 6.02. The first-order valence-corrected chi connectivity index (χ1v) is 4.25. The highest BCUT2D eigenvalue weighted by atomic mass is 35.5. The van der Waals surface area contributed by atoms with Crippen LogP contribution in [-0.4, -0.2) is 17.4 Å². The van der Waals surface area contributed by atoms with Gasteiger partial charge in [0.15, 0.2) is 0 Å². The Bertz CT molecular complexity index is 317. The van der Waals surface area contributed by atoms with Gasteiger partial charge in [-0.05, 0) is 19.1 Å². The van der Waals surface area contributed by atoms with Crippen molar-refractivity contribution in [1.82, 2.24) is 0 Å². The van der Waals surface area contributed by atoms with Crippen LogP contribution in [0.5, 0.6) is 5.75 Å². The van der Waals surface area contributed by atoms with Crippen molar-refractivity contribution in [2.24, 2.45) is 0 Å². The molecule has 2 N–H and O–H groups in total. The van der Waals surface area contributed by atoms with Crippen LogP contribution >= 0.6 is 23.2 Å². The Hall–Kier alpha value is -0.415. The fraction of sp³-hybridized carbons (Fsp3) is 0.143. The molecular weight excluding hydrogens is 214 g/mol. The Morgan fingerprint density at radius 3 is 2.46 bits per heavy atom. The Kier molecular flexibility index (Phi) is 3.44. The SMILES string of the molecule is Cc1c(OB(O)O)ccc(Cl)c1Cl. The molecule has 0 aliphatic heterocycles. The van der Waals surface area contributed by atoms with Crippen molar-refractivity contribution < 1.29 is 14.7 Å². The van der Waals surface area contributed by atoms with Gasteiger partial charge in [-0.15, -0.1) is 0 Å². The summed E-state index contributed by atoms with van der Waals surface area (Å²) in [5, 5.41) is 17.8. The summed E-state index contributed by atoms with van der Waals surface area (Å²) < 4.78 is 4.65. The lowest BCUT2D eigenvalue weighted by Crippen LogP contribution is -2.21. The maximum Gasteiger partial charge on any atom is 0.707 e. The van der Waals surface area contributed by atoms with Gasteiger partial charge in [0, 0.05) is 5.56 Å². The van der Waals surface area contributed by atoms with Crippen LogP contribution in [0.15, 0.2) is 12.1 Å². The monoisotopic (exact) mass is 220 g/mol. The zero-order valence-corrected chi connectivity index (χ0v) is 8.30. The highest BCUT2D eigenvalue weighted by Gasteiger charge is 2.15. The van der Waals surface area contributed by atoms with Crippen LogP contribution in [0, 0.1) is 6.92 Å². The molecule has 0 heterocycles. The first-order valence-electron chi connectivity index (χ1n) is 3.49. The summed E-state index contributed by atoms with van der Waals surface area (Å²) >= 11 is 11.5. The highest BCUT2D eigenvalue weighted by molar-refractivity contribution is 6.42. The number of halogens is 2. The minimum absolute atomic E-state index is 0.296. The Morgan fingerprint density at radius 2 is 1.92 bits per heavy atom. The third-order valence-electron chi connectivity index (χ3n) is 1.52. The summed E-state index contributed by atoms with van der Waals surface area (Å²) in [5.74, 6) is 0.296. The fourth-order valence-corrected chi connectivity index (χ4v) is 1.24. The molecule has 0 atom stereocenters. The van der Waals surface area contributed by atoms with Crippen LogP contribution in [0.3, 0.4) is 0 Å². The molecule has 0 spiro atoms. The second-order valence-electron chi connectivity index (χ2n) is 2.43. The van der Waals surface area contributed by atoms with Crippen molar-refractivity contribution >= 4 is 30.5 Å². The van der Waals surface area contributed by atoms with E-state index in [-0.39, 0.29) is 0 Å². The van der Waals surface area contributed by atoms with Crippen LogP contribution in [-0.2, 0) is 0 Å². The zero-order chi connectivity index (χ0) is 10.0. The molecule has 6 heteroatoms. The molecule has 0 fully saturated rings. The molecular formula is C7H7BCl2O3. The zero-order valence-electron chi connectivity index (χ0n) is 6.79. The minimum Gasteiger partial charge on any atom is -0.512 e. The van der Waals surface area contributed by atoms with E-state index >= 15 is 0 Å². The van der Waals surface area contributed by atoms with Crippen LogP contribution in [0.1, 0.15) is 5.56 Å². The van der Waals surface area contributed by atoms with Crippen molar-refractivity contribution in [3.8, 4) is 5.75 Å². The average molecular weight is 221 g/mol. The van der Waals surface area contributed by atoms with Gasteiger partial charge in [0.25, 0.3) is 0 Å². The predicted octanol–water partition coefficient (Wildman–Crippen LogP) is 1.65. The lowest BCUT2D eigenvalue weighted by Gasteiger charge is -2.09. The molecule has 0 unspecified atom stereocenters. The standard InChI is InChI=1S/C7H7BCl2O3/c1-4-6(13-8(11)12)3-2-5(9)7(4)10/h2-3,11-12H,1H3. The van der Waals surface area contributed by atoms with Gasteiger partial charge in [-0.25, -0.2) is 0 Å². The molecule has 1 rings (SSSR count). The van der Waals surface area contributed by atoms with Gasteiger partial charge in [0.1, 0.15) is 5.75 Å². The van der Waals surface area contributed by atoms with E-state index in [0.29, 0.717) is 21.4 Å². The van der Waals surface area contributed by atoms with E-state index in [1.165, 1.54) is 12.1 Å². The molecule has 0 bridgehead atoms.